The summed E-state index contributed by atoms with van der Waals surface area (Å²) in [5.41, 5.74) is 0.467. The first-order valence-corrected chi connectivity index (χ1v) is 4.31. The Morgan fingerprint density at radius 2 is 2.19 bits per heavy atom. The number of rotatable bonds is 2. The van der Waals surface area contributed by atoms with E-state index in [4.69, 9.17) is 0 Å². The van der Waals surface area contributed by atoms with E-state index in [9.17, 15) is 14.0 Å². The predicted molar refractivity (Wildman–Crippen MR) is 59.3 cm³/mol. The zero-order valence-corrected chi connectivity index (χ0v) is 8.91. The number of hydrogen-bond acceptors (Lipinski definition) is 3. The predicted octanol–water partition coefficient (Wildman–Crippen LogP) is 1.16. The number of carbonyl (C=O) groups excluding carboxylic acids is 1. The molecule has 0 fully saturated rings. The van der Waals surface area contributed by atoms with Crippen LogP contribution in [0.2, 0.25) is 0 Å². The van der Waals surface area contributed by atoms with Crippen LogP contribution in [-0.2, 0) is 11.3 Å². The first-order chi connectivity index (χ1) is 7.22. The van der Waals surface area contributed by atoms with Crippen molar-refractivity contribution in [1.29, 1.82) is 0 Å². The van der Waals surface area contributed by atoms with Gasteiger partial charge in [0, 0.05) is 12.1 Å². The summed E-state index contributed by atoms with van der Waals surface area (Å²) in [7, 11) is 0. The molecule has 2 rings (SSSR count). The standard InChI is InChI=1S/C10H7FN2O2.ClH/c11-7-5-9-8(12-6-7)1-2-10(15)13(9)3-4-14;/h1-2,4-6H,3H2;1H. The summed E-state index contributed by atoms with van der Waals surface area (Å²) in [5, 5.41) is 0. The highest BCUT2D eigenvalue weighted by Gasteiger charge is 2.04. The second-order valence-corrected chi connectivity index (χ2v) is 3.01. The Labute approximate surface area is 96.1 Å². The van der Waals surface area contributed by atoms with Crippen LogP contribution in [0.4, 0.5) is 4.39 Å². The van der Waals surface area contributed by atoms with Crippen molar-refractivity contribution in [2.24, 2.45) is 0 Å². The second-order valence-electron chi connectivity index (χ2n) is 3.01. The Hall–Kier alpha value is -1.75. The van der Waals surface area contributed by atoms with Gasteiger partial charge in [-0.2, -0.15) is 0 Å². The molecule has 16 heavy (non-hydrogen) atoms. The molecule has 0 bridgehead atoms. The van der Waals surface area contributed by atoms with Gasteiger partial charge in [0.05, 0.1) is 23.8 Å². The fraction of sp³-hybridized carbons (Fsp3) is 0.100. The minimum atomic E-state index is -0.534. The third kappa shape index (κ3) is 2.09. The first kappa shape index (κ1) is 12.3. The summed E-state index contributed by atoms with van der Waals surface area (Å²) in [6.45, 7) is -0.0959. The van der Waals surface area contributed by atoms with Gasteiger partial charge in [-0.05, 0) is 6.07 Å². The van der Waals surface area contributed by atoms with Gasteiger partial charge < -0.3 is 4.79 Å². The van der Waals surface area contributed by atoms with E-state index in [0.29, 0.717) is 17.3 Å². The van der Waals surface area contributed by atoms with Crippen LogP contribution in [0, 0.1) is 5.82 Å². The zero-order valence-electron chi connectivity index (χ0n) is 8.09. The van der Waals surface area contributed by atoms with Gasteiger partial charge in [-0.15, -0.1) is 12.4 Å². The molecule has 2 heterocycles. The molecule has 0 amide bonds. The Morgan fingerprint density at radius 3 is 2.88 bits per heavy atom. The molecule has 2 aromatic heterocycles. The molecule has 6 heteroatoms. The van der Waals surface area contributed by atoms with Gasteiger partial charge in [0.1, 0.15) is 12.1 Å². The molecule has 0 aliphatic rings. The molecule has 0 unspecified atom stereocenters. The van der Waals surface area contributed by atoms with Crippen molar-refractivity contribution in [3.8, 4) is 0 Å². The van der Waals surface area contributed by atoms with Gasteiger partial charge in [-0.1, -0.05) is 0 Å². The van der Waals surface area contributed by atoms with E-state index >= 15 is 0 Å². The fourth-order valence-corrected chi connectivity index (χ4v) is 1.41. The number of carbonyl (C=O) groups is 1. The Kier molecular flexibility index (Phi) is 3.73. The molecule has 0 aliphatic heterocycles. The maximum absolute atomic E-state index is 12.9. The van der Waals surface area contributed by atoms with Crippen LogP contribution in [0.3, 0.4) is 0 Å². The Morgan fingerprint density at radius 1 is 1.44 bits per heavy atom. The van der Waals surface area contributed by atoms with Crippen LogP contribution in [0.15, 0.2) is 29.2 Å². The summed E-state index contributed by atoms with van der Waals surface area (Å²) in [4.78, 5) is 25.6. The third-order valence-electron chi connectivity index (χ3n) is 2.06. The zero-order chi connectivity index (χ0) is 10.8. The van der Waals surface area contributed by atoms with Gasteiger partial charge in [-0.3, -0.25) is 14.3 Å². The molecule has 2 aromatic rings. The monoisotopic (exact) mass is 242 g/mol. The molecule has 0 atom stereocenters. The molecular weight excluding hydrogens is 235 g/mol. The summed E-state index contributed by atoms with van der Waals surface area (Å²) in [5.74, 6) is -0.534. The summed E-state index contributed by atoms with van der Waals surface area (Å²) < 4.78 is 14.1. The summed E-state index contributed by atoms with van der Waals surface area (Å²) in [6.07, 6.45) is 1.66. The maximum atomic E-state index is 12.9. The number of pyridine rings is 2. The van der Waals surface area contributed by atoms with Gasteiger partial charge in [0.15, 0.2) is 0 Å². The van der Waals surface area contributed by atoms with Crippen LogP contribution < -0.4 is 5.56 Å². The van der Waals surface area contributed by atoms with Crippen LogP contribution in [0.1, 0.15) is 0 Å². The summed E-state index contributed by atoms with van der Waals surface area (Å²) >= 11 is 0. The fourth-order valence-electron chi connectivity index (χ4n) is 1.41. The Bertz CT molecular complexity index is 583. The third-order valence-corrected chi connectivity index (χ3v) is 2.06. The number of aromatic nitrogens is 2. The van der Waals surface area contributed by atoms with Gasteiger partial charge >= 0.3 is 0 Å². The number of nitrogens with zero attached hydrogens (tertiary/aromatic N) is 2. The SMILES string of the molecule is Cl.O=CCn1c(=O)ccc2ncc(F)cc21. The minimum absolute atomic E-state index is 0. The average Bonchev–Trinajstić information content (AvgIpc) is 2.23. The molecule has 0 saturated carbocycles. The van der Waals surface area contributed by atoms with Gasteiger partial charge in [0.2, 0.25) is 0 Å². The van der Waals surface area contributed by atoms with Crippen molar-refractivity contribution >= 4 is 29.7 Å². The Balaban J connectivity index is 0.00000128. The topological polar surface area (TPSA) is 52.0 Å². The van der Waals surface area contributed by atoms with Crippen LogP contribution in [-0.4, -0.2) is 15.8 Å². The number of aldehydes is 1. The summed E-state index contributed by atoms with van der Waals surface area (Å²) in [6, 6.07) is 3.99. The lowest BCUT2D eigenvalue weighted by atomic mass is 10.3. The van der Waals surface area contributed by atoms with Crippen molar-refractivity contribution in [2.45, 2.75) is 6.54 Å². The lowest BCUT2D eigenvalue weighted by molar-refractivity contribution is -0.108. The lowest BCUT2D eigenvalue weighted by Gasteiger charge is -2.05. The molecule has 0 N–H and O–H groups in total. The van der Waals surface area contributed by atoms with Gasteiger partial charge in [-0.25, -0.2) is 4.39 Å². The van der Waals surface area contributed by atoms with E-state index < -0.39 is 5.82 Å². The molecule has 0 aliphatic carbocycles. The van der Waals surface area contributed by atoms with Crippen molar-refractivity contribution in [2.75, 3.05) is 0 Å². The first-order valence-electron chi connectivity index (χ1n) is 4.31. The van der Waals surface area contributed by atoms with Crippen LogP contribution in [0.25, 0.3) is 11.0 Å². The number of fused-ring (bicyclic) bond motifs is 1. The van der Waals surface area contributed by atoms with E-state index in [2.05, 4.69) is 4.98 Å². The van der Waals surface area contributed by atoms with E-state index in [-0.39, 0.29) is 24.5 Å². The largest absolute Gasteiger partial charge is 0.301 e. The highest BCUT2D eigenvalue weighted by molar-refractivity contribution is 5.85. The molecular formula is C10H8ClFN2O2. The quantitative estimate of drug-likeness (QED) is 0.743. The van der Waals surface area contributed by atoms with Crippen LogP contribution >= 0.6 is 12.4 Å². The van der Waals surface area contributed by atoms with E-state index in [1.54, 1.807) is 0 Å². The van der Waals surface area contributed by atoms with E-state index in [1.807, 2.05) is 0 Å². The van der Waals surface area contributed by atoms with E-state index in [0.717, 1.165) is 6.20 Å². The average molecular weight is 243 g/mol. The van der Waals surface area contributed by atoms with Crippen LogP contribution in [0.5, 0.6) is 0 Å². The molecule has 0 aromatic carbocycles. The lowest BCUT2D eigenvalue weighted by Crippen LogP contribution is -2.20. The second kappa shape index (κ2) is 4.85. The molecule has 0 saturated heterocycles. The van der Waals surface area contributed by atoms with Gasteiger partial charge in [0.25, 0.3) is 5.56 Å². The maximum Gasteiger partial charge on any atom is 0.251 e. The highest BCUT2D eigenvalue weighted by atomic mass is 35.5. The molecule has 0 spiro atoms. The van der Waals surface area contributed by atoms with Crippen molar-refractivity contribution in [3.05, 3.63) is 40.6 Å². The molecule has 84 valence electrons. The van der Waals surface area contributed by atoms with E-state index in [1.165, 1.54) is 22.8 Å². The number of halogens is 2. The van der Waals surface area contributed by atoms with Crippen molar-refractivity contribution < 1.29 is 9.18 Å². The molecule has 0 radical (unpaired) electrons. The van der Waals surface area contributed by atoms with Crippen molar-refractivity contribution in [3.63, 3.8) is 0 Å². The normalized spacial score (nSPS) is 9.81. The minimum Gasteiger partial charge on any atom is -0.301 e. The smallest absolute Gasteiger partial charge is 0.251 e. The number of hydrogen-bond donors (Lipinski definition) is 0. The molecule has 4 nitrogen and oxygen atoms in total. The highest BCUT2D eigenvalue weighted by Crippen LogP contribution is 2.09. The van der Waals surface area contributed by atoms with Crippen molar-refractivity contribution in [1.82, 2.24) is 9.55 Å².